The van der Waals surface area contributed by atoms with Crippen molar-refractivity contribution < 1.29 is 4.92 Å². The summed E-state index contributed by atoms with van der Waals surface area (Å²) in [6.07, 6.45) is 2.01. The van der Waals surface area contributed by atoms with Gasteiger partial charge in [-0.25, -0.2) is 0 Å². The second-order valence-corrected chi connectivity index (χ2v) is 4.74. The lowest BCUT2D eigenvalue weighted by atomic mass is 10.2. The summed E-state index contributed by atoms with van der Waals surface area (Å²) in [5.74, 6) is 0. The van der Waals surface area contributed by atoms with E-state index < -0.39 is 4.92 Å². The van der Waals surface area contributed by atoms with E-state index in [0.717, 1.165) is 19.4 Å². The molecule has 6 heteroatoms. The molecule has 0 aliphatic carbocycles. The fourth-order valence-corrected chi connectivity index (χ4v) is 1.86. The van der Waals surface area contributed by atoms with Gasteiger partial charge in [-0.05, 0) is 45.6 Å². The first-order valence-electron chi connectivity index (χ1n) is 5.84. The number of nitrogens with one attached hydrogen (secondary N) is 1. The molecule has 100 valence electrons. The second kappa shape index (κ2) is 7.18. The van der Waals surface area contributed by atoms with Gasteiger partial charge >= 0.3 is 5.69 Å². The van der Waals surface area contributed by atoms with Crippen LogP contribution in [0.15, 0.2) is 18.2 Å². The number of hydrogen-bond acceptors (Lipinski definition) is 4. The monoisotopic (exact) mass is 271 g/mol. The lowest BCUT2D eigenvalue weighted by Gasteiger charge is -2.10. The van der Waals surface area contributed by atoms with Gasteiger partial charge in [0.1, 0.15) is 10.7 Å². The molecular formula is C12H18ClN3O2. The van der Waals surface area contributed by atoms with Crippen molar-refractivity contribution in [3.8, 4) is 0 Å². The Morgan fingerprint density at radius 1 is 1.39 bits per heavy atom. The highest BCUT2D eigenvalue weighted by Gasteiger charge is 2.17. The number of unbranched alkanes of at least 4 members (excludes halogenated alkanes) is 1. The normalized spacial score (nSPS) is 10.7. The molecule has 0 spiro atoms. The van der Waals surface area contributed by atoms with Crippen molar-refractivity contribution in [2.45, 2.75) is 12.8 Å². The number of halogens is 1. The van der Waals surface area contributed by atoms with Gasteiger partial charge in [0.15, 0.2) is 0 Å². The van der Waals surface area contributed by atoms with Gasteiger partial charge in [0.2, 0.25) is 0 Å². The first-order chi connectivity index (χ1) is 8.52. The molecule has 0 atom stereocenters. The topological polar surface area (TPSA) is 58.4 Å². The standard InChI is InChI=1S/C12H18ClN3O2/c1-15(2)9-4-3-8-14-11-7-5-6-10(13)12(11)16(17)18/h5-7,14H,3-4,8-9H2,1-2H3. The predicted molar refractivity (Wildman–Crippen MR) is 74.4 cm³/mol. The van der Waals surface area contributed by atoms with Crippen molar-refractivity contribution in [2.75, 3.05) is 32.5 Å². The van der Waals surface area contributed by atoms with Crippen LogP contribution in [-0.4, -0.2) is 37.0 Å². The predicted octanol–water partition coefficient (Wildman–Crippen LogP) is 3.00. The van der Waals surface area contributed by atoms with Crippen LogP contribution >= 0.6 is 11.6 Å². The first-order valence-corrected chi connectivity index (χ1v) is 6.21. The number of nitrogens with zero attached hydrogens (tertiary/aromatic N) is 2. The molecule has 0 radical (unpaired) electrons. The Labute approximate surface area is 112 Å². The Morgan fingerprint density at radius 3 is 2.72 bits per heavy atom. The van der Waals surface area contributed by atoms with Crippen LogP contribution in [0.3, 0.4) is 0 Å². The Morgan fingerprint density at radius 2 is 2.11 bits per heavy atom. The molecule has 0 amide bonds. The number of para-hydroxylation sites is 1. The van der Waals surface area contributed by atoms with E-state index in [9.17, 15) is 10.1 Å². The maximum atomic E-state index is 10.9. The van der Waals surface area contributed by atoms with Gasteiger partial charge in [-0.15, -0.1) is 0 Å². The van der Waals surface area contributed by atoms with Crippen molar-refractivity contribution >= 4 is 23.0 Å². The van der Waals surface area contributed by atoms with Crippen LogP contribution in [0.5, 0.6) is 0 Å². The number of hydrogen-bond donors (Lipinski definition) is 1. The number of anilines is 1. The van der Waals surface area contributed by atoms with Crippen LogP contribution in [0.4, 0.5) is 11.4 Å². The zero-order valence-electron chi connectivity index (χ0n) is 10.6. The summed E-state index contributed by atoms with van der Waals surface area (Å²) in [6.45, 7) is 1.72. The third kappa shape index (κ3) is 4.50. The van der Waals surface area contributed by atoms with E-state index >= 15 is 0 Å². The molecular weight excluding hydrogens is 254 g/mol. The molecule has 1 rings (SSSR count). The van der Waals surface area contributed by atoms with Gasteiger partial charge in [-0.2, -0.15) is 0 Å². The molecule has 0 saturated heterocycles. The molecule has 0 heterocycles. The Balaban J connectivity index is 2.52. The largest absolute Gasteiger partial charge is 0.379 e. The van der Waals surface area contributed by atoms with Crippen molar-refractivity contribution in [1.29, 1.82) is 0 Å². The molecule has 1 N–H and O–H groups in total. The molecule has 0 aromatic heterocycles. The number of nitro benzene ring substituents is 1. The average molecular weight is 272 g/mol. The van der Waals surface area contributed by atoms with Crippen molar-refractivity contribution in [1.82, 2.24) is 4.90 Å². The summed E-state index contributed by atoms with van der Waals surface area (Å²) in [5, 5.41) is 14.1. The SMILES string of the molecule is CN(C)CCCCNc1cccc(Cl)c1[N+](=O)[O-]. The van der Waals surface area contributed by atoms with Crippen molar-refractivity contribution in [3.63, 3.8) is 0 Å². The highest BCUT2D eigenvalue weighted by Crippen LogP contribution is 2.32. The minimum atomic E-state index is -0.454. The summed E-state index contributed by atoms with van der Waals surface area (Å²) in [6, 6.07) is 4.91. The van der Waals surface area contributed by atoms with E-state index in [0.29, 0.717) is 12.2 Å². The smallest absolute Gasteiger partial charge is 0.310 e. The quantitative estimate of drug-likeness (QED) is 0.470. The van der Waals surface area contributed by atoms with Crippen LogP contribution in [0.1, 0.15) is 12.8 Å². The van der Waals surface area contributed by atoms with E-state index in [2.05, 4.69) is 10.2 Å². The van der Waals surface area contributed by atoms with E-state index in [1.54, 1.807) is 12.1 Å². The van der Waals surface area contributed by atoms with Gasteiger partial charge in [0.05, 0.1) is 4.92 Å². The lowest BCUT2D eigenvalue weighted by molar-refractivity contribution is -0.383. The highest BCUT2D eigenvalue weighted by molar-refractivity contribution is 6.33. The second-order valence-electron chi connectivity index (χ2n) is 4.33. The summed E-state index contributed by atoms with van der Waals surface area (Å²) in [5.41, 5.74) is 0.434. The average Bonchev–Trinajstić information content (AvgIpc) is 2.27. The van der Waals surface area contributed by atoms with E-state index in [4.69, 9.17) is 11.6 Å². The molecule has 18 heavy (non-hydrogen) atoms. The number of benzene rings is 1. The molecule has 1 aromatic rings. The third-order valence-electron chi connectivity index (χ3n) is 2.52. The maximum Gasteiger partial charge on any atom is 0.310 e. The zero-order valence-corrected chi connectivity index (χ0v) is 11.4. The molecule has 0 unspecified atom stereocenters. The van der Waals surface area contributed by atoms with Gasteiger partial charge < -0.3 is 10.2 Å². The molecule has 0 aliphatic rings. The lowest BCUT2D eigenvalue weighted by Crippen LogP contribution is -2.14. The van der Waals surface area contributed by atoms with E-state index in [1.165, 1.54) is 6.07 Å². The molecule has 5 nitrogen and oxygen atoms in total. The summed E-state index contributed by atoms with van der Waals surface area (Å²) >= 11 is 5.82. The van der Waals surface area contributed by atoms with Gasteiger partial charge in [-0.1, -0.05) is 17.7 Å². The summed E-state index contributed by atoms with van der Waals surface area (Å²) in [7, 11) is 4.05. The molecule has 0 aliphatic heterocycles. The molecule has 0 saturated carbocycles. The maximum absolute atomic E-state index is 10.9. The van der Waals surface area contributed by atoms with Crippen LogP contribution in [0.25, 0.3) is 0 Å². The highest BCUT2D eigenvalue weighted by atomic mass is 35.5. The Kier molecular flexibility index (Phi) is 5.88. The van der Waals surface area contributed by atoms with Gasteiger partial charge in [-0.3, -0.25) is 10.1 Å². The van der Waals surface area contributed by atoms with Crippen LogP contribution < -0.4 is 5.32 Å². The van der Waals surface area contributed by atoms with Crippen LogP contribution in [0.2, 0.25) is 5.02 Å². The number of nitro groups is 1. The Bertz CT molecular complexity index is 410. The number of rotatable bonds is 7. The third-order valence-corrected chi connectivity index (χ3v) is 2.82. The minimum absolute atomic E-state index is 0.0493. The molecule has 0 bridgehead atoms. The van der Waals surface area contributed by atoms with Crippen molar-refractivity contribution in [2.24, 2.45) is 0 Å². The summed E-state index contributed by atoms with van der Waals surface area (Å²) in [4.78, 5) is 12.6. The van der Waals surface area contributed by atoms with Crippen LogP contribution in [-0.2, 0) is 0 Å². The van der Waals surface area contributed by atoms with E-state index in [1.807, 2.05) is 14.1 Å². The Hall–Kier alpha value is -1.33. The molecule has 0 fully saturated rings. The van der Waals surface area contributed by atoms with Crippen molar-refractivity contribution in [3.05, 3.63) is 33.3 Å². The van der Waals surface area contributed by atoms with E-state index in [-0.39, 0.29) is 10.7 Å². The van der Waals surface area contributed by atoms with Crippen LogP contribution in [0, 0.1) is 10.1 Å². The minimum Gasteiger partial charge on any atom is -0.379 e. The van der Waals surface area contributed by atoms with Gasteiger partial charge in [0, 0.05) is 6.54 Å². The zero-order chi connectivity index (χ0) is 13.5. The first kappa shape index (κ1) is 14.7. The molecule has 1 aromatic carbocycles. The fraction of sp³-hybridized carbons (Fsp3) is 0.500. The fourth-order valence-electron chi connectivity index (χ4n) is 1.62. The van der Waals surface area contributed by atoms with Gasteiger partial charge in [0.25, 0.3) is 0 Å². The summed E-state index contributed by atoms with van der Waals surface area (Å²) < 4.78 is 0.